The number of halogens is 4. The molecule has 0 aliphatic heterocycles. The molecular formula is C24H20Cl4N4. The van der Waals surface area contributed by atoms with Gasteiger partial charge in [-0.05, 0) is 59.2 Å². The Morgan fingerprint density at radius 3 is 1.44 bits per heavy atom. The second-order valence-electron chi connectivity index (χ2n) is 6.47. The van der Waals surface area contributed by atoms with Crippen molar-refractivity contribution in [3.05, 3.63) is 123 Å². The topological polar surface area (TPSA) is 76.8 Å². The van der Waals surface area contributed by atoms with Crippen molar-refractivity contribution in [3.8, 4) is 0 Å². The zero-order valence-electron chi connectivity index (χ0n) is 16.8. The number of guanidine groups is 1. The van der Waals surface area contributed by atoms with Gasteiger partial charge in [-0.2, -0.15) is 0 Å². The minimum absolute atomic E-state index is 0. The molecule has 0 heterocycles. The van der Waals surface area contributed by atoms with Crippen molar-refractivity contribution in [2.75, 3.05) is 0 Å². The Labute approximate surface area is 208 Å². The summed E-state index contributed by atoms with van der Waals surface area (Å²) in [4.78, 5) is 0. The molecule has 0 fully saturated rings. The highest BCUT2D eigenvalue weighted by molar-refractivity contribution is 6.31. The SMILES string of the molecule is Cl.NC(N)=N/N=C(\C=C\C=C(c1ccc(Cl)cc1)c1ccc(Cl)cc1)c1ccc(Cl)cc1. The van der Waals surface area contributed by atoms with Crippen LogP contribution in [0.15, 0.2) is 101 Å². The fourth-order valence-corrected chi connectivity index (χ4v) is 3.15. The van der Waals surface area contributed by atoms with Gasteiger partial charge in [0.15, 0.2) is 0 Å². The van der Waals surface area contributed by atoms with Gasteiger partial charge in [0, 0.05) is 20.6 Å². The summed E-state index contributed by atoms with van der Waals surface area (Å²) in [5, 5.41) is 9.90. The van der Waals surface area contributed by atoms with E-state index in [-0.39, 0.29) is 18.4 Å². The van der Waals surface area contributed by atoms with Crippen LogP contribution >= 0.6 is 47.2 Å². The molecule has 0 bridgehead atoms. The van der Waals surface area contributed by atoms with E-state index in [1.165, 1.54) is 0 Å². The average Bonchev–Trinajstić information content (AvgIpc) is 2.76. The first-order chi connectivity index (χ1) is 14.9. The number of hydrogen-bond acceptors (Lipinski definition) is 2. The molecular weight excluding hydrogens is 486 g/mol. The smallest absolute Gasteiger partial charge is 0.211 e. The standard InChI is InChI=1S/C24H19Cl3N4.ClH/c25-19-10-4-16(5-11-19)22(17-6-12-20(26)13-7-17)2-1-3-23(30-31-24(28)29)18-8-14-21(27)15-9-18;/h1-15H,(H4,28,29,31);1H/b3-1+,30-23+;. The Balaban J connectivity index is 0.00000363. The van der Waals surface area contributed by atoms with Gasteiger partial charge >= 0.3 is 0 Å². The number of hydrogen-bond donors (Lipinski definition) is 2. The van der Waals surface area contributed by atoms with E-state index in [0.717, 1.165) is 22.3 Å². The van der Waals surface area contributed by atoms with Crippen LogP contribution in [0, 0.1) is 0 Å². The maximum absolute atomic E-state index is 6.06. The van der Waals surface area contributed by atoms with Crippen LogP contribution in [0.5, 0.6) is 0 Å². The second-order valence-corrected chi connectivity index (χ2v) is 7.78. The van der Waals surface area contributed by atoms with Gasteiger partial charge in [-0.3, -0.25) is 0 Å². The summed E-state index contributed by atoms with van der Waals surface area (Å²) in [6, 6.07) is 22.5. The Morgan fingerprint density at radius 2 is 1.03 bits per heavy atom. The average molecular weight is 506 g/mol. The maximum atomic E-state index is 6.06. The first-order valence-corrected chi connectivity index (χ1v) is 10.4. The Morgan fingerprint density at radius 1 is 0.625 bits per heavy atom. The lowest BCUT2D eigenvalue weighted by molar-refractivity contribution is 1.20. The van der Waals surface area contributed by atoms with E-state index in [0.29, 0.717) is 20.8 Å². The summed E-state index contributed by atoms with van der Waals surface area (Å²) in [5.41, 5.74) is 15.3. The third-order valence-corrected chi connectivity index (χ3v) is 5.00. The van der Waals surface area contributed by atoms with Crippen molar-refractivity contribution < 1.29 is 0 Å². The van der Waals surface area contributed by atoms with E-state index >= 15 is 0 Å². The van der Waals surface area contributed by atoms with E-state index in [9.17, 15) is 0 Å². The minimum atomic E-state index is -0.126. The summed E-state index contributed by atoms with van der Waals surface area (Å²) >= 11 is 18.1. The van der Waals surface area contributed by atoms with Crippen molar-refractivity contribution in [2.24, 2.45) is 21.7 Å². The zero-order valence-corrected chi connectivity index (χ0v) is 19.8. The van der Waals surface area contributed by atoms with Gasteiger partial charge in [-0.15, -0.1) is 22.6 Å². The molecule has 164 valence electrons. The van der Waals surface area contributed by atoms with Gasteiger partial charge in [-0.1, -0.05) is 83.4 Å². The molecule has 0 aliphatic rings. The molecule has 0 unspecified atom stereocenters. The number of benzene rings is 3. The summed E-state index contributed by atoms with van der Waals surface area (Å²) in [5.74, 6) is -0.126. The van der Waals surface area contributed by atoms with Crippen LogP contribution in [0.25, 0.3) is 5.57 Å². The zero-order chi connectivity index (χ0) is 22.2. The lowest BCUT2D eigenvalue weighted by atomic mass is 9.97. The Bertz CT molecular complexity index is 1100. The van der Waals surface area contributed by atoms with Crippen LogP contribution < -0.4 is 11.5 Å². The van der Waals surface area contributed by atoms with Crippen LogP contribution in [0.1, 0.15) is 16.7 Å². The molecule has 0 amide bonds. The van der Waals surface area contributed by atoms with E-state index in [2.05, 4.69) is 10.2 Å². The fourth-order valence-electron chi connectivity index (χ4n) is 2.77. The largest absolute Gasteiger partial charge is 0.369 e. The highest BCUT2D eigenvalue weighted by Crippen LogP contribution is 2.26. The van der Waals surface area contributed by atoms with E-state index in [4.69, 9.17) is 46.3 Å². The van der Waals surface area contributed by atoms with Crippen molar-refractivity contribution in [2.45, 2.75) is 0 Å². The minimum Gasteiger partial charge on any atom is -0.369 e. The molecule has 0 aromatic heterocycles. The predicted molar refractivity (Wildman–Crippen MR) is 140 cm³/mol. The maximum Gasteiger partial charge on any atom is 0.211 e. The van der Waals surface area contributed by atoms with Gasteiger partial charge in [0.25, 0.3) is 0 Å². The molecule has 0 saturated carbocycles. The van der Waals surface area contributed by atoms with Gasteiger partial charge in [-0.25, -0.2) is 0 Å². The van der Waals surface area contributed by atoms with Gasteiger partial charge in [0.05, 0.1) is 5.71 Å². The summed E-state index contributed by atoms with van der Waals surface area (Å²) in [6.07, 6.45) is 5.68. The molecule has 0 radical (unpaired) electrons. The van der Waals surface area contributed by atoms with Crippen LogP contribution in [0.2, 0.25) is 15.1 Å². The molecule has 0 atom stereocenters. The first-order valence-electron chi connectivity index (χ1n) is 9.25. The molecule has 8 heteroatoms. The van der Waals surface area contributed by atoms with Crippen LogP contribution in [0.3, 0.4) is 0 Å². The molecule has 0 aliphatic carbocycles. The molecule has 0 spiro atoms. The number of rotatable bonds is 6. The summed E-state index contributed by atoms with van der Waals surface area (Å²) in [7, 11) is 0. The summed E-state index contributed by atoms with van der Waals surface area (Å²) in [6.45, 7) is 0. The number of nitrogens with two attached hydrogens (primary N) is 2. The van der Waals surface area contributed by atoms with Gasteiger partial charge < -0.3 is 11.5 Å². The van der Waals surface area contributed by atoms with Crippen molar-refractivity contribution in [3.63, 3.8) is 0 Å². The van der Waals surface area contributed by atoms with E-state index in [1.54, 1.807) is 12.1 Å². The highest BCUT2D eigenvalue weighted by Gasteiger charge is 2.05. The van der Waals surface area contributed by atoms with Crippen molar-refractivity contribution in [1.82, 2.24) is 0 Å². The molecule has 0 saturated heterocycles. The Hall–Kier alpha value is -2.76. The number of allylic oxidation sites excluding steroid dienone is 3. The predicted octanol–water partition coefficient (Wildman–Crippen LogP) is 6.73. The monoisotopic (exact) mass is 504 g/mol. The molecule has 3 aromatic rings. The molecule has 4 N–H and O–H groups in total. The van der Waals surface area contributed by atoms with E-state index in [1.807, 2.05) is 78.9 Å². The number of nitrogens with zero attached hydrogens (tertiary/aromatic N) is 2. The Kier molecular flexibility index (Phi) is 9.82. The van der Waals surface area contributed by atoms with Crippen molar-refractivity contribution >= 4 is 64.5 Å². The van der Waals surface area contributed by atoms with Gasteiger partial charge in [0.2, 0.25) is 5.96 Å². The molecule has 3 aromatic carbocycles. The molecule has 4 nitrogen and oxygen atoms in total. The quantitative estimate of drug-likeness (QED) is 0.168. The van der Waals surface area contributed by atoms with Gasteiger partial charge in [0.1, 0.15) is 0 Å². The van der Waals surface area contributed by atoms with Crippen LogP contribution in [-0.2, 0) is 0 Å². The van der Waals surface area contributed by atoms with Crippen LogP contribution in [0.4, 0.5) is 0 Å². The first kappa shape index (κ1) is 25.5. The molecule has 3 rings (SSSR count). The fraction of sp³-hybridized carbons (Fsp3) is 0. The molecule has 32 heavy (non-hydrogen) atoms. The normalized spacial score (nSPS) is 11.0. The summed E-state index contributed by atoms with van der Waals surface area (Å²) < 4.78 is 0. The third kappa shape index (κ3) is 7.43. The lowest BCUT2D eigenvalue weighted by Crippen LogP contribution is -2.22. The van der Waals surface area contributed by atoms with Crippen molar-refractivity contribution in [1.29, 1.82) is 0 Å². The lowest BCUT2D eigenvalue weighted by Gasteiger charge is -2.08. The van der Waals surface area contributed by atoms with Crippen LogP contribution in [-0.4, -0.2) is 11.7 Å². The van der Waals surface area contributed by atoms with E-state index < -0.39 is 0 Å². The highest BCUT2D eigenvalue weighted by atomic mass is 35.5. The third-order valence-electron chi connectivity index (χ3n) is 4.24. The second kappa shape index (κ2) is 12.3.